The van der Waals surface area contributed by atoms with Gasteiger partial charge in [-0.3, -0.25) is 4.79 Å². The van der Waals surface area contributed by atoms with Crippen molar-refractivity contribution in [3.05, 3.63) is 88.5 Å². The molecule has 0 fully saturated rings. The van der Waals surface area contributed by atoms with Gasteiger partial charge in [0.2, 0.25) is 0 Å². The molecule has 4 aromatic rings. The Morgan fingerprint density at radius 2 is 1.60 bits per heavy atom. The van der Waals surface area contributed by atoms with E-state index in [9.17, 15) is 4.79 Å². The highest BCUT2D eigenvalue weighted by molar-refractivity contribution is 6.20. The predicted molar refractivity (Wildman–Crippen MR) is 144 cm³/mol. The predicted octanol–water partition coefficient (Wildman–Crippen LogP) is 7.23. The highest BCUT2D eigenvalue weighted by atomic mass is 16.5. The minimum absolute atomic E-state index is 0.0154. The third kappa shape index (κ3) is 5.33. The SMILES string of the molecule is CCc1cccc2c(C(=O)c3cc(C)cc(C)c3)c(-c3ccc(OCCN(CC)CC)cc3)oc12. The summed E-state index contributed by atoms with van der Waals surface area (Å²) in [4.78, 5) is 16.2. The molecule has 4 heteroatoms. The molecule has 1 aromatic heterocycles. The van der Waals surface area contributed by atoms with Gasteiger partial charge in [-0.05, 0) is 75.3 Å². The van der Waals surface area contributed by atoms with Gasteiger partial charge in [-0.15, -0.1) is 0 Å². The van der Waals surface area contributed by atoms with Gasteiger partial charge < -0.3 is 14.1 Å². The maximum atomic E-state index is 13.9. The number of likely N-dealkylation sites (N-methyl/N-ethyl adjacent to an activating group) is 1. The summed E-state index contributed by atoms with van der Waals surface area (Å²) in [6.07, 6.45) is 0.834. The van der Waals surface area contributed by atoms with Gasteiger partial charge in [-0.2, -0.15) is 0 Å². The molecule has 0 N–H and O–H groups in total. The minimum Gasteiger partial charge on any atom is -0.492 e. The van der Waals surface area contributed by atoms with Crippen LogP contribution >= 0.6 is 0 Å². The summed E-state index contributed by atoms with van der Waals surface area (Å²) in [5, 5.41) is 0.864. The molecule has 0 atom stereocenters. The van der Waals surface area contributed by atoms with Crippen LogP contribution < -0.4 is 4.74 Å². The molecule has 0 spiro atoms. The number of rotatable bonds is 10. The van der Waals surface area contributed by atoms with Crippen molar-refractivity contribution in [2.24, 2.45) is 0 Å². The number of nitrogens with zero attached hydrogens (tertiary/aromatic N) is 1. The van der Waals surface area contributed by atoms with E-state index in [-0.39, 0.29) is 5.78 Å². The van der Waals surface area contributed by atoms with Gasteiger partial charge in [0.25, 0.3) is 0 Å². The summed E-state index contributed by atoms with van der Waals surface area (Å²) < 4.78 is 12.4. The molecular weight excluding hydrogens is 434 g/mol. The molecule has 0 aliphatic rings. The minimum atomic E-state index is -0.0154. The maximum Gasteiger partial charge on any atom is 0.197 e. The number of ketones is 1. The summed E-state index contributed by atoms with van der Waals surface area (Å²) in [5.74, 6) is 1.41. The lowest BCUT2D eigenvalue weighted by Gasteiger charge is -2.18. The van der Waals surface area contributed by atoms with E-state index in [1.807, 2.05) is 62.4 Å². The van der Waals surface area contributed by atoms with E-state index in [1.54, 1.807) is 0 Å². The van der Waals surface area contributed by atoms with Crippen LogP contribution in [0.4, 0.5) is 0 Å². The zero-order valence-corrected chi connectivity index (χ0v) is 21.5. The number of aryl methyl sites for hydroxylation is 3. The van der Waals surface area contributed by atoms with Crippen LogP contribution in [0.3, 0.4) is 0 Å². The van der Waals surface area contributed by atoms with Crippen LogP contribution in [0.1, 0.15) is 53.4 Å². The van der Waals surface area contributed by atoms with Gasteiger partial charge in [0.05, 0.1) is 5.56 Å². The van der Waals surface area contributed by atoms with Gasteiger partial charge in [-0.1, -0.05) is 56.2 Å². The monoisotopic (exact) mass is 469 g/mol. The van der Waals surface area contributed by atoms with Crippen LogP contribution in [-0.2, 0) is 6.42 Å². The number of hydrogen-bond acceptors (Lipinski definition) is 4. The normalized spacial score (nSPS) is 11.4. The first-order chi connectivity index (χ1) is 16.9. The molecule has 4 rings (SSSR count). The number of para-hydroxylation sites is 1. The van der Waals surface area contributed by atoms with Crippen LogP contribution in [0.2, 0.25) is 0 Å². The largest absolute Gasteiger partial charge is 0.492 e. The summed E-state index contributed by atoms with van der Waals surface area (Å²) in [5.41, 5.74) is 6.20. The fourth-order valence-electron chi connectivity index (χ4n) is 4.67. The molecular formula is C31H35NO3. The average Bonchev–Trinajstić information content (AvgIpc) is 3.25. The number of furan rings is 1. The molecule has 0 amide bonds. The fraction of sp³-hybridized carbons (Fsp3) is 0.323. The third-order valence-electron chi connectivity index (χ3n) is 6.58. The van der Waals surface area contributed by atoms with E-state index in [1.165, 1.54) is 0 Å². The Hall–Kier alpha value is -3.37. The molecule has 0 saturated heterocycles. The Morgan fingerprint density at radius 3 is 2.23 bits per heavy atom. The summed E-state index contributed by atoms with van der Waals surface area (Å²) in [6.45, 7) is 14.0. The van der Waals surface area contributed by atoms with Gasteiger partial charge in [0.1, 0.15) is 23.7 Å². The lowest BCUT2D eigenvalue weighted by molar-refractivity contribution is 0.104. The number of carbonyl (C=O) groups excluding carboxylic acids is 1. The zero-order valence-electron chi connectivity index (χ0n) is 21.5. The lowest BCUT2D eigenvalue weighted by atomic mass is 9.94. The van der Waals surface area contributed by atoms with Crippen LogP contribution in [0.5, 0.6) is 5.75 Å². The Bertz CT molecular complexity index is 1290. The Morgan fingerprint density at radius 1 is 0.914 bits per heavy atom. The molecule has 182 valence electrons. The molecule has 0 aliphatic heterocycles. The van der Waals surface area contributed by atoms with Gasteiger partial charge in [-0.25, -0.2) is 0 Å². The molecule has 0 unspecified atom stereocenters. The standard InChI is InChI=1S/C31H35NO3/c1-6-23-10-9-11-27-28(29(33)25-19-21(4)18-22(5)20-25)31(35-30(23)27)24-12-14-26(15-13-24)34-17-16-32(7-2)8-3/h9-15,18-20H,6-8,16-17H2,1-5H3. The topological polar surface area (TPSA) is 42.7 Å². The first-order valence-corrected chi connectivity index (χ1v) is 12.6. The van der Waals surface area contributed by atoms with Gasteiger partial charge in [0.15, 0.2) is 5.78 Å². The molecule has 0 bridgehead atoms. The van der Waals surface area contributed by atoms with E-state index in [0.717, 1.165) is 65.0 Å². The molecule has 4 nitrogen and oxygen atoms in total. The van der Waals surface area contributed by atoms with Gasteiger partial charge >= 0.3 is 0 Å². The van der Waals surface area contributed by atoms with Gasteiger partial charge in [0, 0.05) is 23.1 Å². The second-order valence-corrected chi connectivity index (χ2v) is 9.06. The average molecular weight is 470 g/mol. The van der Waals surface area contributed by atoms with Crippen LogP contribution in [0.25, 0.3) is 22.3 Å². The molecule has 0 aliphatic carbocycles. The van der Waals surface area contributed by atoms with E-state index >= 15 is 0 Å². The molecule has 0 radical (unpaired) electrons. The first kappa shape index (κ1) is 24.7. The van der Waals surface area contributed by atoms with E-state index < -0.39 is 0 Å². The van der Waals surface area contributed by atoms with Crippen molar-refractivity contribution in [1.29, 1.82) is 0 Å². The summed E-state index contributed by atoms with van der Waals surface area (Å²) in [7, 11) is 0. The zero-order chi connectivity index (χ0) is 24.9. The number of ether oxygens (including phenoxy) is 1. The van der Waals surface area contributed by atoms with E-state index in [0.29, 0.717) is 23.5 Å². The number of benzene rings is 3. The highest BCUT2D eigenvalue weighted by Crippen LogP contribution is 2.37. The van der Waals surface area contributed by atoms with Crippen LogP contribution in [0.15, 0.2) is 65.1 Å². The summed E-state index contributed by atoms with van der Waals surface area (Å²) >= 11 is 0. The smallest absolute Gasteiger partial charge is 0.197 e. The first-order valence-electron chi connectivity index (χ1n) is 12.6. The lowest BCUT2D eigenvalue weighted by Crippen LogP contribution is -2.27. The Labute approximate surface area is 208 Å². The molecule has 35 heavy (non-hydrogen) atoms. The maximum absolute atomic E-state index is 13.9. The van der Waals surface area contributed by atoms with Crippen molar-refractivity contribution in [3.63, 3.8) is 0 Å². The number of hydrogen-bond donors (Lipinski definition) is 0. The summed E-state index contributed by atoms with van der Waals surface area (Å²) in [6, 6.07) is 19.9. The van der Waals surface area contributed by atoms with Crippen molar-refractivity contribution in [2.45, 2.75) is 41.0 Å². The van der Waals surface area contributed by atoms with Crippen LogP contribution in [-0.4, -0.2) is 36.9 Å². The molecule has 0 saturated carbocycles. The second kappa shape index (κ2) is 10.9. The number of fused-ring (bicyclic) bond motifs is 1. The highest BCUT2D eigenvalue weighted by Gasteiger charge is 2.24. The Balaban J connectivity index is 1.72. The second-order valence-electron chi connectivity index (χ2n) is 9.06. The van der Waals surface area contributed by atoms with Crippen molar-refractivity contribution in [2.75, 3.05) is 26.2 Å². The Kier molecular flexibility index (Phi) is 7.72. The molecule has 1 heterocycles. The third-order valence-corrected chi connectivity index (χ3v) is 6.58. The van der Waals surface area contributed by atoms with Crippen molar-refractivity contribution in [1.82, 2.24) is 4.90 Å². The molecule has 3 aromatic carbocycles. The van der Waals surface area contributed by atoms with Crippen LogP contribution in [0, 0.1) is 13.8 Å². The fourth-order valence-corrected chi connectivity index (χ4v) is 4.67. The van der Waals surface area contributed by atoms with Crippen molar-refractivity contribution < 1.29 is 13.9 Å². The van der Waals surface area contributed by atoms with Crippen molar-refractivity contribution >= 4 is 16.8 Å². The number of carbonyl (C=O) groups is 1. The van der Waals surface area contributed by atoms with E-state index in [4.69, 9.17) is 9.15 Å². The van der Waals surface area contributed by atoms with Crippen molar-refractivity contribution in [3.8, 4) is 17.1 Å². The van der Waals surface area contributed by atoms with E-state index in [2.05, 4.69) is 37.8 Å². The quantitative estimate of drug-likeness (QED) is 0.230.